The van der Waals surface area contributed by atoms with Gasteiger partial charge in [-0.2, -0.15) is 4.98 Å². The van der Waals surface area contributed by atoms with Crippen LogP contribution < -0.4 is 10.2 Å². The highest BCUT2D eigenvalue weighted by Gasteiger charge is 2.04. The first kappa shape index (κ1) is 10.8. The van der Waals surface area contributed by atoms with Crippen LogP contribution in [0.3, 0.4) is 0 Å². The lowest BCUT2D eigenvalue weighted by molar-refractivity contribution is 0.861. The number of aromatic nitrogens is 2. The summed E-state index contributed by atoms with van der Waals surface area (Å²) in [6, 6.07) is 2.00. The standard InChI is InChI=1S/C10H18N4/c1-5-6-8-7-9(11-2)13-10(12-8)14(3)4/h7H,5-6H2,1-4H3,(H,11,12,13). The van der Waals surface area contributed by atoms with E-state index in [-0.39, 0.29) is 0 Å². The van der Waals surface area contributed by atoms with Crippen LogP contribution in [0.5, 0.6) is 0 Å². The Morgan fingerprint density at radius 1 is 1.36 bits per heavy atom. The summed E-state index contributed by atoms with van der Waals surface area (Å²) in [5, 5.41) is 3.04. The SMILES string of the molecule is CCCc1cc(NC)nc(N(C)C)n1. The minimum Gasteiger partial charge on any atom is -0.373 e. The maximum Gasteiger partial charge on any atom is 0.226 e. The Morgan fingerprint density at radius 3 is 2.57 bits per heavy atom. The summed E-state index contributed by atoms with van der Waals surface area (Å²) >= 11 is 0. The first-order chi connectivity index (χ1) is 6.67. The number of rotatable bonds is 4. The van der Waals surface area contributed by atoms with Crippen LogP contribution in [-0.4, -0.2) is 31.1 Å². The number of nitrogens with one attached hydrogen (secondary N) is 1. The number of nitrogens with zero attached hydrogens (tertiary/aromatic N) is 3. The van der Waals surface area contributed by atoms with Crippen molar-refractivity contribution in [2.75, 3.05) is 31.4 Å². The van der Waals surface area contributed by atoms with Crippen LogP contribution >= 0.6 is 0 Å². The van der Waals surface area contributed by atoms with Gasteiger partial charge in [0, 0.05) is 32.9 Å². The van der Waals surface area contributed by atoms with E-state index in [9.17, 15) is 0 Å². The van der Waals surface area contributed by atoms with E-state index in [0.717, 1.165) is 30.3 Å². The lowest BCUT2D eigenvalue weighted by Gasteiger charge is -2.12. The highest BCUT2D eigenvalue weighted by Crippen LogP contribution is 2.12. The molecule has 1 aromatic rings. The molecule has 0 amide bonds. The Morgan fingerprint density at radius 2 is 2.07 bits per heavy atom. The Balaban J connectivity index is 3.00. The van der Waals surface area contributed by atoms with E-state index in [1.165, 1.54) is 0 Å². The molecule has 0 aliphatic rings. The van der Waals surface area contributed by atoms with Crippen molar-refractivity contribution in [3.8, 4) is 0 Å². The van der Waals surface area contributed by atoms with Gasteiger partial charge in [0.05, 0.1) is 0 Å². The summed E-state index contributed by atoms with van der Waals surface area (Å²) in [5.41, 5.74) is 1.09. The van der Waals surface area contributed by atoms with Crippen molar-refractivity contribution in [3.05, 3.63) is 11.8 Å². The van der Waals surface area contributed by atoms with Gasteiger partial charge >= 0.3 is 0 Å². The van der Waals surface area contributed by atoms with Gasteiger partial charge in [-0.05, 0) is 6.42 Å². The molecular formula is C10H18N4. The zero-order chi connectivity index (χ0) is 10.6. The van der Waals surface area contributed by atoms with E-state index in [1.807, 2.05) is 32.1 Å². The zero-order valence-electron chi connectivity index (χ0n) is 9.33. The molecule has 1 heterocycles. The fourth-order valence-corrected chi connectivity index (χ4v) is 1.20. The number of aryl methyl sites for hydroxylation is 1. The topological polar surface area (TPSA) is 41.1 Å². The molecule has 1 aromatic heterocycles. The summed E-state index contributed by atoms with van der Waals surface area (Å²) in [4.78, 5) is 10.7. The number of hydrogen-bond acceptors (Lipinski definition) is 4. The van der Waals surface area contributed by atoms with Gasteiger partial charge in [0.2, 0.25) is 5.95 Å². The van der Waals surface area contributed by atoms with Crippen molar-refractivity contribution in [2.24, 2.45) is 0 Å². The lowest BCUT2D eigenvalue weighted by atomic mass is 10.2. The molecule has 0 spiro atoms. The van der Waals surface area contributed by atoms with E-state index in [4.69, 9.17) is 0 Å². The third-order valence-electron chi connectivity index (χ3n) is 1.93. The normalized spacial score (nSPS) is 10.0. The lowest BCUT2D eigenvalue weighted by Crippen LogP contribution is -2.14. The summed E-state index contributed by atoms with van der Waals surface area (Å²) in [6.45, 7) is 2.15. The molecule has 78 valence electrons. The van der Waals surface area contributed by atoms with Crippen molar-refractivity contribution >= 4 is 11.8 Å². The third-order valence-corrected chi connectivity index (χ3v) is 1.93. The Bertz CT molecular complexity index is 296. The second-order valence-electron chi connectivity index (χ2n) is 3.44. The molecule has 0 aliphatic heterocycles. The van der Waals surface area contributed by atoms with E-state index < -0.39 is 0 Å². The highest BCUT2D eigenvalue weighted by atomic mass is 15.2. The average Bonchev–Trinajstić information content (AvgIpc) is 2.17. The van der Waals surface area contributed by atoms with Crippen LogP contribution in [0.1, 0.15) is 19.0 Å². The fraction of sp³-hybridized carbons (Fsp3) is 0.600. The van der Waals surface area contributed by atoms with E-state index in [2.05, 4.69) is 22.2 Å². The van der Waals surface area contributed by atoms with Gasteiger partial charge < -0.3 is 10.2 Å². The second kappa shape index (κ2) is 4.79. The molecule has 0 fully saturated rings. The van der Waals surface area contributed by atoms with Crippen LogP contribution in [0.15, 0.2) is 6.07 Å². The smallest absolute Gasteiger partial charge is 0.226 e. The Hall–Kier alpha value is -1.32. The second-order valence-corrected chi connectivity index (χ2v) is 3.44. The molecule has 4 heteroatoms. The molecule has 0 aliphatic carbocycles. The minimum absolute atomic E-state index is 0.764. The summed E-state index contributed by atoms with van der Waals surface area (Å²) in [7, 11) is 5.77. The predicted molar refractivity (Wildman–Crippen MR) is 59.9 cm³/mol. The van der Waals surface area contributed by atoms with Crippen molar-refractivity contribution in [3.63, 3.8) is 0 Å². The van der Waals surface area contributed by atoms with Crippen LogP contribution in [0, 0.1) is 0 Å². The molecule has 0 radical (unpaired) electrons. The summed E-state index contributed by atoms with van der Waals surface area (Å²) in [5.74, 6) is 1.65. The average molecular weight is 194 g/mol. The van der Waals surface area contributed by atoms with Crippen LogP contribution in [0.4, 0.5) is 11.8 Å². The van der Waals surface area contributed by atoms with Gasteiger partial charge in [-0.25, -0.2) is 4.98 Å². The molecule has 0 saturated heterocycles. The van der Waals surface area contributed by atoms with Crippen molar-refractivity contribution in [1.82, 2.24) is 9.97 Å². The Kier molecular flexibility index (Phi) is 3.68. The molecule has 0 bridgehead atoms. The van der Waals surface area contributed by atoms with Crippen molar-refractivity contribution in [1.29, 1.82) is 0 Å². The van der Waals surface area contributed by atoms with E-state index >= 15 is 0 Å². The van der Waals surface area contributed by atoms with Crippen molar-refractivity contribution < 1.29 is 0 Å². The fourth-order valence-electron chi connectivity index (χ4n) is 1.20. The zero-order valence-corrected chi connectivity index (χ0v) is 9.33. The quantitative estimate of drug-likeness (QED) is 0.789. The van der Waals surface area contributed by atoms with E-state index in [0.29, 0.717) is 0 Å². The molecule has 0 unspecified atom stereocenters. The molecular weight excluding hydrogens is 176 g/mol. The van der Waals surface area contributed by atoms with Crippen LogP contribution in [-0.2, 0) is 6.42 Å². The molecule has 0 atom stereocenters. The molecule has 0 saturated carbocycles. The van der Waals surface area contributed by atoms with Crippen LogP contribution in [0.2, 0.25) is 0 Å². The first-order valence-corrected chi connectivity index (χ1v) is 4.90. The van der Waals surface area contributed by atoms with Crippen LogP contribution in [0.25, 0.3) is 0 Å². The molecule has 1 rings (SSSR count). The van der Waals surface area contributed by atoms with Gasteiger partial charge in [-0.1, -0.05) is 13.3 Å². The van der Waals surface area contributed by atoms with Crippen molar-refractivity contribution in [2.45, 2.75) is 19.8 Å². The van der Waals surface area contributed by atoms with Gasteiger partial charge in [0.15, 0.2) is 0 Å². The first-order valence-electron chi connectivity index (χ1n) is 4.90. The monoisotopic (exact) mass is 194 g/mol. The number of anilines is 2. The van der Waals surface area contributed by atoms with Gasteiger partial charge in [-0.3, -0.25) is 0 Å². The summed E-state index contributed by atoms with van der Waals surface area (Å²) in [6.07, 6.45) is 2.10. The molecule has 1 N–H and O–H groups in total. The predicted octanol–water partition coefficient (Wildman–Crippen LogP) is 1.54. The largest absolute Gasteiger partial charge is 0.373 e. The van der Waals surface area contributed by atoms with Gasteiger partial charge in [0.1, 0.15) is 5.82 Å². The van der Waals surface area contributed by atoms with Gasteiger partial charge in [-0.15, -0.1) is 0 Å². The highest BCUT2D eigenvalue weighted by molar-refractivity contribution is 5.42. The maximum absolute atomic E-state index is 4.45. The Labute approximate surface area is 85.4 Å². The number of hydrogen-bond donors (Lipinski definition) is 1. The minimum atomic E-state index is 0.764. The third kappa shape index (κ3) is 2.58. The maximum atomic E-state index is 4.45. The van der Waals surface area contributed by atoms with Gasteiger partial charge in [0.25, 0.3) is 0 Å². The summed E-state index contributed by atoms with van der Waals surface area (Å²) < 4.78 is 0. The molecule has 4 nitrogen and oxygen atoms in total. The van der Waals surface area contributed by atoms with E-state index in [1.54, 1.807) is 0 Å². The molecule has 0 aromatic carbocycles. The molecule has 14 heavy (non-hydrogen) atoms.